The van der Waals surface area contributed by atoms with Gasteiger partial charge in [-0.25, -0.2) is 12.8 Å². The molecule has 0 saturated carbocycles. The summed E-state index contributed by atoms with van der Waals surface area (Å²) in [4.78, 5) is 28.7. The summed E-state index contributed by atoms with van der Waals surface area (Å²) in [7, 11) is 0.288. The lowest BCUT2D eigenvalue weighted by atomic mass is 10.0. The standard InChI is InChI=1S/C35H36FN3O6S/c1-22-9-6-10-23(2)32(22)35(41)39-18-17-27(21-39)45-30-14-8-13-28(33(30)36)37-46(42,43)31-20-25(15-16-29(31)44-5)24-11-7-12-26(19-24)34(40)38(3)4/h6-16,19-20,27,37H,17-18,21H2,1-5H3/t27-/m0/s1. The minimum absolute atomic E-state index is 0.0594. The molecule has 0 spiro atoms. The minimum atomic E-state index is -4.35. The normalized spacial score (nSPS) is 14.6. The number of aryl methyl sites for hydroxylation is 2. The number of sulfonamides is 1. The van der Waals surface area contributed by atoms with Crippen molar-refractivity contribution in [3.05, 3.63) is 107 Å². The second kappa shape index (κ2) is 13.2. The second-order valence-corrected chi connectivity index (χ2v) is 13.1. The second-order valence-electron chi connectivity index (χ2n) is 11.4. The fourth-order valence-corrected chi connectivity index (χ4v) is 6.79. The molecule has 1 fully saturated rings. The molecule has 2 amide bonds. The summed E-state index contributed by atoms with van der Waals surface area (Å²) in [6.07, 6.45) is 0.0266. The van der Waals surface area contributed by atoms with Gasteiger partial charge in [-0.1, -0.05) is 42.5 Å². The Kier molecular flexibility index (Phi) is 9.34. The molecule has 0 aromatic heterocycles. The van der Waals surface area contributed by atoms with Gasteiger partial charge in [-0.2, -0.15) is 0 Å². The molecule has 5 rings (SSSR count). The highest BCUT2D eigenvalue weighted by Gasteiger charge is 2.31. The number of hydrogen-bond donors (Lipinski definition) is 1. The van der Waals surface area contributed by atoms with E-state index in [1.54, 1.807) is 49.3 Å². The number of methoxy groups -OCH3 is 1. The van der Waals surface area contributed by atoms with Crippen LogP contribution >= 0.6 is 0 Å². The smallest absolute Gasteiger partial charge is 0.265 e. The van der Waals surface area contributed by atoms with Crippen molar-refractivity contribution in [2.75, 3.05) is 39.0 Å². The summed E-state index contributed by atoms with van der Waals surface area (Å²) in [6.45, 7) is 4.51. The number of rotatable bonds is 9. The van der Waals surface area contributed by atoms with Crippen LogP contribution in [0, 0.1) is 19.7 Å². The van der Waals surface area contributed by atoms with Gasteiger partial charge in [0, 0.05) is 38.2 Å². The first-order valence-corrected chi connectivity index (χ1v) is 16.2. The van der Waals surface area contributed by atoms with Gasteiger partial charge in [0.1, 0.15) is 16.7 Å². The quantitative estimate of drug-likeness (QED) is 0.243. The molecule has 4 aromatic carbocycles. The van der Waals surface area contributed by atoms with Crippen LogP contribution in [0.25, 0.3) is 11.1 Å². The highest BCUT2D eigenvalue weighted by molar-refractivity contribution is 7.92. The first-order valence-electron chi connectivity index (χ1n) is 14.7. The van der Waals surface area contributed by atoms with Gasteiger partial charge >= 0.3 is 0 Å². The van der Waals surface area contributed by atoms with Crippen molar-refractivity contribution in [2.45, 2.75) is 31.3 Å². The van der Waals surface area contributed by atoms with Crippen molar-refractivity contribution in [2.24, 2.45) is 0 Å². The largest absolute Gasteiger partial charge is 0.495 e. The summed E-state index contributed by atoms with van der Waals surface area (Å²) in [5.74, 6) is -1.24. The van der Waals surface area contributed by atoms with Gasteiger partial charge in [0.25, 0.3) is 21.8 Å². The molecule has 46 heavy (non-hydrogen) atoms. The van der Waals surface area contributed by atoms with Crippen LogP contribution in [0.5, 0.6) is 11.5 Å². The van der Waals surface area contributed by atoms with Crippen molar-refractivity contribution in [1.29, 1.82) is 0 Å². The summed E-state index contributed by atoms with van der Waals surface area (Å²) in [5, 5.41) is 0. The molecule has 4 aromatic rings. The third-order valence-electron chi connectivity index (χ3n) is 7.93. The molecule has 0 unspecified atom stereocenters. The number of nitrogens with zero attached hydrogens (tertiary/aromatic N) is 2. The number of anilines is 1. The van der Waals surface area contributed by atoms with Gasteiger partial charge in [0.05, 0.1) is 19.3 Å². The predicted molar refractivity (Wildman–Crippen MR) is 175 cm³/mol. The number of amides is 2. The molecule has 1 saturated heterocycles. The van der Waals surface area contributed by atoms with Crippen molar-refractivity contribution in [1.82, 2.24) is 9.80 Å². The van der Waals surface area contributed by atoms with Gasteiger partial charge in [-0.3, -0.25) is 14.3 Å². The number of carbonyl (C=O) groups excluding carboxylic acids is 2. The van der Waals surface area contributed by atoms with Crippen LogP contribution in [0.15, 0.2) is 83.8 Å². The molecule has 1 heterocycles. The Morgan fingerprint density at radius 1 is 0.913 bits per heavy atom. The van der Waals surface area contributed by atoms with E-state index < -0.39 is 21.9 Å². The minimum Gasteiger partial charge on any atom is -0.495 e. The average molecular weight is 646 g/mol. The molecule has 0 radical (unpaired) electrons. The molecule has 1 N–H and O–H groups in total. The molecule has 1 aliphatic heterocycles. The Bertz CT molecular complexity index is 1890. The number of likely N-dealkylation sites (tertiary alicyclic amines) is 1. The van der Waals surface area contributed by atoms with E-state index in [1.807, 2.05) is 32.0 Å². The monoisotopic (exact) mass is 645 g/mol. The third-order valence-corrected chi connectivity index (χ3v) is 9.32. The topological polar surface area (TPSA) is 105 Å². The van der Waals surface area contributed by atoms with Crippen molar-refractivity contribution in [3.8, 4) is 22.6 Å². The van der Waals surface area contributed by atoms with Crippen LogP contribution in [-0.2, 0) is 10.0 Å². The van der Waals surface area contributed by atoms with E-state index in [4.69, 9.17) is 9.47 Å². The zero-order valence-electron chi connectivity index (χ0n) is 26.3. The first kappa shape index (κ1) is 32.5. The summed E-state index contributed by atoms with van der Waals surface area (Å²) < 4.78 is 56.6. The molecule has 0 aliphatic carbocycles. The molecule has 9 nitrogen and oxygen atoms in total. The SMILES string of the molecule is COc1ccc(-c2cccc(C(=O)N(C)C)c2)cc1S(=O)(=O)Nc1cccc(O[C@H]2CCN(C(=O)c3c(C)cccc3C)C2)c1F. The van der Waals surface area contributed by atoms with Crippen LogP contribution in [0.4, 0.5) is 10.1 Å². The lowest BCUT2D eigenvalue weighted by Gasteiger charge is -2.20. The number of ether oxygens (including phenoxy) is 2. The fourth-order valence-electron chi connectivity index (χ4n) is 5.53. The lowest BCUT2D eigenvalue weighted by molar-refractivity contribution is 0.0769. The van der Waals surface area contributed by atoms with Gasteiger partial charge in [0.15, 0.2) is 11.6 Å². The van der Waals surface area contributed by atoms with Gasteiger partial charge in [-0.05, 0) is 72.5 Å². The maximum absolute atomic E-state index is 15.7. The van der Waals surface area contributed by atoms with Crippen molar-refractivity contribution >= 4 is 27.5 Å². The van der Waals surface area contributed by atoms with Crippen LogP contribution in [0.3, 0.4) is 0 Å². The average Bonchev–Trinajstić information content (AvgIpc) is 3.50. The molecular weight excluding hydrogens is 609 g/mol. The van der Waals surface area contributed by atoms with Crippen LogP contribution in [0.2, 0.25) is 0 Å². The van der Waals surface area contributed by atoms with E-state index in [2.05, 4.69) is 4.72 Å². The zero-order chi connectivity index (χ0) is 33.2. The number of carbonyl (C=O) groups is 2. The summed E-state index contributed by atoms with van der Waals surface area (Å²) >= 11 is 0. The molecular formula is C35H36FN3O6S. The maximum Gasteiger partial charge on any atom is 0.265 e. The number of benzene rings is 4. The highest BCUT2D eigenvalue weighted by atomic mass is 32.2. The Labute approximate surface area is 268 Å². The first-order chi connectivity index (χ1) is 21.9. The molecule has 0 bridgehead atoms. The van der Waals surface area contributed by atoms with Crippen LogP contribution in [0.1, 0.15) is 38.3 Å². The van der Waals surface area contributed by atoms with Gasteiger partial charge in [0.2, 0.25) is 0 Å². The van der Waals surface area contributed by atoms with E-state index >= 15 is 4.39 Å². The summed E-state index contributed by atoms with van der Waals surface area (Å²) in [6, 6.07) is 21.3. The van der Waals surface area contributed by atoms with E-state index in [9.17, 15) is 18.0 Å². The zero-order valence-corrected chi connectivity index (χ0v) is 27.2. The Morgan fingerprint density at radius 2 is 1.59 bits per heavy atom. The van der Waals surface area contributed by atoms with Crippen molar-refractivity contribution in [3.63, 3.8) is 0 Å². The number of halogens is 1. The highest BCUT2D eigenvalue weighted by Crippen LogP contribution is 2.34. The van der Waals surface area contributed by atoms with Crippen molar-refractivity contribution < 1.29 is 31.9 Å². The van der Waals surface area contributed by atoms with E-state index in [0.717, 1.165) is 11.1 Å². The Hall–Kier alpha value is -4.90. The van der Waals surface area contributed by atoms with Crippen LogP contribution in [-0.4, -0.2) is 70.4 Å². The Balaban J connectivity index is 1.35. The fraction of sp³-hybridized carbons (Fsp3) is 0.257. The molecule has 1 atom stereocenters. The Morgan fingerprint density at radius 3 is 2.28 bits per heavy atom. The van der Waals surface area contributed by atoms with Gasteiger partial charge < -0.3 is 19.3 Å². The van der Waals surface area contributed by atoms with E-state index in [0.29, 0.717) is 35.2 Å². The van der Waals surface area contributed by atoms with Crippen LogP contribution < -0.4 is 14.2 Å². The van der Waals surface area contributed by atoms with Gasteiger partial charge in [-0.15, -0.1) is 0 Å². The lowest BCUT2D eigenvalue weighted by Crippen LogP contribution is -2.32. The maximum atomic E-state index is 15.7. The molecule has 240 valence electrons. The van der Waals surface area contributed by atoms with E-state index in [-0.39, 0.29) is 40.4 Å². The third kappa shape index (κ3) is 6.69. The molecule has 11 heteroatoms. The number of nitrogens with one attached hydrogen (secondary N) is 1. The van der Waals surface area contributed by atoms with E-state index in [1.165, 1.54) is 42.3 Å². The number of hydrogen-bond acceptors (Lipinski definition) is 6. The predicted octanol–water partition coefficient (Wildman–Crippen LogP) is 5.91. The summed E-state index contributed by atoms with van der Waals surface area (Å²) in [5.41, 5.74) is 3.71. The molecule has 1 aliphatic rings.